The summed E-state index contributed by atoms with van der Waals surface area (Å²) in [5.74, 6) is 1.20. The Hall–Kier alpha value is -2.42. The minimum Gasteiger partial charge on any atom is -0.497 e. The van der Waals surface area contributed by atoms with Gasteiger partial charge in [0.25, 0.3) is 0 Å². The normalized spacial score (nSPS) is 12.3. The van der Waals surface area contributed by atoms with Gasteiger partial charge in [-0.25, -0.2) is 9.97 Å². The Morgan fingerprint density at radius 3 is 2.50 bits per heavy atom. The van der Waals surface area contributed by atoms with Gasteiger partial charge in [-0.15, -0.1) is 0 Å². The van der Waals surface area contributed by atoms with E-state index in [4.69, 9.17) is 4.74 Å². The Bertz CT molecular complexity index is 722. The lowest BCUT2D eigenvalue weighted by Crippen LogP contribution is -1.96. The van der Waals surface area contributed by atoms with Crippen LogP contribution in [-0.2, 0) is 0 Å². The second kappa shape index (κ2) is 5.29. The number of aromatic nitrogens is 2. The molecule has 0 saturated carbocycles. The van der Waals surface area contributed by atoms with Crippen LogP contribution < -0.4 is 4.74 Å². The molecule has 1 aromatic heterocycles. The van der Waals surface area contributed by atoms with E-state index >= 15 is 0 Å². The van der Waals surface area contributed by atoms with Crippen molar-refractivity contribution in [1.29, 1.82) is 0 Å². The van der Waals surface area contributed by atoms with E-state index in [9.17, 15) is 0 Å². The Morgan fingerprint density at radius 1 is 1.00 bits per heavy atom. The first-order valence-electron chi connectivity index (χ1n) is 6.61. The number of nitrogens with zero attached hydrogens (tertiary/aromatic N) is 2. The maximum absolute atomic E-state index is 5.20. The Kier molecular flexibility index (Phi) is 3.33. The topological polar surface area (TPSA) is 35.0 Å². The smallest absolute Gasteiger partial charge is 0.118 e. The fourth-order valence-corrected chi connectivity index (χ4v) is 2.35. The van der Waals surface area contributed by atoms with Gasteiger partial charge in [-0.1, -0.05) is 31.2 Å². The van der Waals surface area contributed by atoms with Crippen LogP contribution in [-0.4, -0.2) is 17.1 Å². The molecular weight excluding hydrogens is 248 g/mol. The Balaban J connectivity index is 1.96. The number of benzene rings is 2. The van der Waals surface area contributed by atoms with Gasteiger partial charge in [0.05, 0.1) is 12.6 Å². The minimum absolute atomic E-state index is 0.320. The van der Waals surface area contributed by atoms with Gasteiger partial charge in [-0.3, -0.25) is 0 Å². The molecule has 0 aliphatic heterocycles. The van der Waals surface area contributed by atoms with Crippen LogP contribution in [0.2, 0.25) is 0 Å². The van der Waals surface area contributed by atoms with E-state index in [-0.39, 0.29) is 0 Å². The van der Waals surface area contributed by atoms with Crippen molar-refractivity contribution in [1.82, 2.24) is 9.97 Å². The summed E-state index contributed by atoms with van der Waals surface area (Å²) in [6.45, 7) is 2.20. The van der Waals surface area contributed by atoms with Crippen LogP contribution in [0.1, 0.15) is 24.0 Å². The van der Waals surface area contributed by atoms with Crippen LogP contribution >= 0.6 is 0 Å². The molecule has 0 amide bonds. The van der Waals surface area contributed by atoms with E-state index < -0.39 is 0 Å². The van der Waals surface area contributed by atoms with Crippen molar-refractivity contribution < 1.29 is 4.74 Å². The molecule has 0 spiro atoms. The molecule has 20 heavy (non-hydrogen) atoms. The lowest BCUT2D eigenvalue weighted by molar-refractivity contribution is 0.414. The standard InChI is InChI=1S/C17H16N2O/c1-12(13-5-7-16(20-2)8-6-13)14-3-4-15-10-18-11-19-17(15)9-14/h3-12H,1-2H3/t12-/m1/s1. The van der Waals surface area contributed by atoms with Crippen molar-refractivity contribution in [2.45, 2.75) is 12.8 Å². The van der Waals surface area contributed by atoms with Crippen LogP contribution in [0.15, 0.2) is 55.0 Å². The molecule has 0 aliphatic carbocycles. The van der Waals surface area contributed by atoms with E-state index in [0.717, 1.165) is 16.7 Å². The van der Waals surface area contributed by atoms with Gasteiger partial charge in [-0.05, 0) is 29.3 Å². The summed E-state index contributed by atoms with van der Waals surface area (Å²) >= 11 is 0. The highest BCUT2D eigenvalue weighted by Crippen LogP contribution is 2.27. The first-order chi connectivity index (χ1) is 9.78. The number of hydrogen-bond donors (Lipinski definition) is 0. The molecule has 0 saturated heterocycles. The molecule has 1 atom stereocenters. The van der Waals surface area contributed by atoms with Crippen molar-refractivity contribution in [2.24, 2.45) is 0 Å². The third kappa shape index (κ3) is 2.35. The van der Waals surface area contributed by atoms with Crippen molar-refractivity contribution in [3.63, 3.8) is 0 Å². The predicted octanol–water partition coefficient (Wildman–Crippen LogP) is 3.79. The summed E-state index contributed by atoms with van der Waals surface area (Å²) in [4.78, 5) is 8.35. The molecule has 0 aliphatic rings. The van der Waals surface area contributed by atoms with E-state index in [1.165, 1.54) is 11.1 Å². The number of hydrogen-bond acceptors (Lipinski definition) is 3. The summed E-state index contributed by atoms with van der Waals surface area (Å²) in [7, 11) is 1.68. The number of fused-ring (bicyclic) bond motifs is 1. The van der Waals surface area contributed by atoms with Gasteiger partial charge in [0.15, 0.2) is 0 Å². The highest BCUT2D eigenvalue weighted by atomic mass is 16.5. The molecule has 0 N–H and O–H groups in total. The highest BCUT2D eigenvalue weighted by molar-refractivity contribution is 5.78. The largest absolute Gasteiger partial charge is 0.497 e. The molecule has 0 unspecified atom stereocenters. The van der Waals surface area contributed by atoms with Gasteiger partial charge in [0, 0.05) is 17.5 Å². The van der Waals surface area contributed by atoms with Crippen LogP contribution in [0.3, 0.4) is 0 Å². The van der Waals surface area contributed by atoms with Crippen molar-refractivity contribution in [3.05, 3.63) is 66.1 Å². The lowest BCUT2D eigenvalue weighted by Gasteiger charge is -2.13. The summed E-state index contributed by atoms with van der Waals surface area (Å²) < 4.78 is 5.20. The Morgan fingerprint density at radius 2 is 1.75 bits per heavy atom. The molecule has 1 heterocycles. The van der Waals surface area contributed by atoms with Gasteiger partial charge >= 0.3 is 0 Å². The molecule has 100 valence electrons. The van der Waals surface area contributed by atoms with Gasteiger partial charge in [0.1, 0.15) is 12.1 Å². The van der Waals surface area contributed by atoms with Gasteiger partial charge < -0.3 is 4.74 Å². The summed E-state index contributed by atoms with van der Waals surface area (Å²) in [6, 6.07) is 14.5. The second-order valence-corrected chi connectivity index (χ2v) is 4.84. The van der Waals surface area contributed by atoms with Crippen molar-refractivity contribution >= 4 is 10.9 Å². The zero-order valence-corrected chi connectivity index (χ0v) is 11.6. The summed E-state index contributed by atoms with van der Waals surface area (Å²) in [5.41, 5.74) is 3.50. The first-order valence-corrected chi connectivity index (χ1v) is 6.61. The molecule has 3 heteroatoms. The van der Waals surface area contributed by atoms with Crippen LogP contribution in [0.5, 0.6) is 5.75 Å². The molecule has 3 aromatic rings. The average Bonchev–Trinajstić information content (AvgIpc) is 2.54. The monoisotopic (exact) mass is 264 g/mol. The van der Waals surface area contributed by atoms with E-state index in [1.807, 2.05) is 18.3 Å². The fourth-order valence-electron chi connectivity index (χ4n) is 2.35. The summed E-state index contributed by atoms with van der Waals surface area (Å²) in [6.07, 6.45) is 3.42. The third-order valence-corrected chi connectivity index (χ3v) is 3.65. The number of rotatable bonds is 3. The molecular formula is C17H16N2O. The zero-order chi connectivity index (χ0) is 13.9. The van der Waals surface area contributed by atoms with Crippen molar-refractivity contribution in [2.75, 3.05) is 7.11 Å². The number of methoxy groups -OCH3 is 1. The van der Waals surface area contributed by atoms with Crippen molar-refractivity contribution in [3.8, 4) is 5.75 Å². The number of ether oxygens (including phenoxy) is 1. The molecule has 0 bridgehead atoms. The SMILES string of the molecule is COc1ccc([C@@H](C)c2ccc3cncnc3c2)cc1. The van der Waals surface area contributed by atoms with Crippen LogP contribution in [0, 0.1) is 0 Å². The second-order valence-electron chi connectivity index (χ2n) is 4.84. The average molecular weight is 264 g/mol. The molecule has 0 fully saturated rings. The summed E-state index contributed by atoms with van der Waals surface area (Å²) in [5, 5.41) is 1.07. The molecule has 3 nitrogen and oxygen atoms in total. The highest BCUT2D eigenvalue weighted by Gasteiger charge is 2.09. The van der Waals surface area contributed by atoms with Crippen LogP contribution in [0.25, 0.3) is 10.9 Å². The first kappa shape index (κ1) is 12.6. The maximum atomic E-state index is 5.20. The molecule has 0 radical (unpaired) electrons. The molecule has 2 aromatic carbocycles. The zero-order valence-electron chi connectivity index (χ0n) is 11.6. The Labute approximate surface area is 118 Å². The van der Waals surface area contributed by atoms with Gasteiger partial charge in [-0.2, -0.15) is 0 Å². The quantitative estimate of drug-likeness (QED) is 0.722. The fraction of sp³-hybridized carbons (Fsp3) is 0.176. The minimum atomic E-state index is 0.320. The third-order valence-electron chi connectivity index (χ3n) is 3.65. The van der Waals surface area contributed by atoms with E-state index in [0.29, 0.717) is 5.92 Å². The van der Waals surface area contributed by atoms with Gasteiger partial charge in [0.2, 0.25) is 0 Å². The van der Waals surface area contributed by atoms with E-state index in [1.54, 1.807) is 13.4 Å². The van der Waals surface area contributed by atoms with E-state index in [2.05, 4.69) is 47.2 Å². The lowest BCUT2D eigenvalue weighted by atomic mass is 9.92. The maximum Gasteiger partial charge on any atom is 0.118 e. The van der Waals surface area contributed by atoms with Crippen LogP contribution in [0.4, 0.5) is 0 Å². The molecule has 3 rings (SSSR count). The predicted molar refractivity (Wildman–Crippen MR) is 80.0 cm³/mol.